The Morgan fingerprint density at radius 1 is 1.32 bits per heavy atom. The van der Waals surface area contributed by atoms with Crippen LogP contribution < -0.4 is 10.1 Å². The van der Waals surface area contributed by atoms with Crippen molar-refractivity contribution in [2.24, 2.45) is 0 Å². The van der Waals surface area contributed by atoms with Crippen LogP contribution in [-0.2, 0) is 11.2 Å². The molecule has 0 radical (unpaired) electrons. The van der Waals surface area contributed by atoms with Crippen molar-refractivity contribution in [3.63, 3.8) is 0 Å². The molecular formula is C17H17ClFNO2. The second-order valence-electron chi connectivity index (χ2n) is 4.87. The summed E-state index contributed by atoms with van der Waals surface area (Å²) < 4.78 is 18.3. The minimum atomic E-state index is -0.450. The van der Waals surface area contributed by atoms with Gasteiger partial charge in [0.15, 0.2) is 6.61 Å². The molecule has 2 aromatic rings. The number of halogens is 2. The van der Waals surface area contributed by atoms with Gasteiger partial charge in [-0.25, -0.2) is 4.39 Å². The molecule has 0 bridgehead atoms. The first-order chi connectivity index (χ1) is 10.5. The van der Waals surface area contributed by atoms with Crippen molar-refractivity contribution in [3.8, 4) is 5.75 Å². The number of benzene rings is 2. The molecule has 1 N–H and O–H groups in total. The average Bonchev–Trinajstić information content (AvgIpc) is 2.48. The molecular weight excluding hydrogens is 305 g/mol. The molecule has 0 aliphatic rings. The summed E-state index contributed by atoms with van der Waals surface area (Å²) in [6.07, 6.45) is 0.821. The highest BCUT2D eigenvalue weighted by atomic mass is 35.5. The van der Waals surface area contributed by atoms with Gasteiger partial charge < -0.3 is 10.1 Å². The number of para-hydroxylation sites is 1. The summed E-state index contributed by atoms with van der Waals surface area (Å²) in [6, 6.07) is 9.64. The molecule has 1 amide bonds. The van der Waals surface area contributed by atoms with Gasteiger partial charge in [0.1, 0.15) is 11.6 Å². The van der Waals surface area contributed by atoms with Gasteiger partial charge in [-0.3, -0.25) is 4.79 Å². The molecule has 0 saturated carbocycles. The monoisotopic (exact) mass is 321 g/mol. The molecule has 0 aromatic heterocycles. The van der Waals surface area contributed by atoms with Crippen molar-refractivity contribution in [2.75, 3.05) is 11.9 Å². The molecule has 116 valence electrons. The zero-order valence-corrected chi connectivity index (χ0v) is 13.2. The Kier molecular flexibility index (Phi) is 5.39. The molecule has 0 unspecified atom stereocenters. The van der Waals surface area contributed by atoms with E-state index in [1.54, 1.807) is 0 Å². The van der Waals surface area contributed by atoms with Crippen molar-refractivity contribution >= 4 is 23.2 Å². The zero-order chi connectivity index (χ0) is 16.1. The summed E-state index contributed by atoms with van der Waals surface area (Å²) in [5.74, 6) is -0.461. The topological polar surface area (TPSA) is 38.3 Å². The lowest BCUT2D eigenvalue weighted by Gasteiger charge is -2.13. The number of hydrogen-bond acceptors (Lipinski definition) is 2. The number of ether oxygens (including phenoxy) is 1. The van der Waals surface area contributed by atoms with Crippen LogP contribution in [0.3, 0.4) is 0 Å². The van der Waals surface area contributed by atoms with Gasteiger partial charge in [0.25, 0.3) is 5.91 Å². The second kappa shape index (κ2) is 7.27. The third kappa shape index (κ3) is 3.98. The number of anilines is 1. The minimum Gasteiger partial charge on any atom is -0.482 e. The van der Waals surface area contributed by atoms with E-state index in [0.717, 1.165) is 29.3 Å². The number of carbonyl (C=O) groups excluding carboxylic acids is 1. The Labute approximate surface area is 134 Å². The number of hydrogen-bond donors (Lipinski definition) is 1. The van der Waals surface area contributed by atoms with E-state index in [1.807, 2.05) is 32.0 Å². The van der Waals surface area contributed by atoms with Crippen LogP contribution in [0.1, 0.15) is 18.1 Å². The van der Waals surface area contributed by atoms with Crippen molar-refractivity contribution in [1.82, 2.24) is 0 Å². The van der Waals surface area contributed by atoms with Crippen LogP contribution in [0.25, 0.3) is 0 Å². The fraction of sp³-hybridized carbons (Fsp3) is 0.235. The van der Waals surface area contributed by atoms with E-state index in [0.29, 0.717) is 0 Å². The third-order valence-corrected chi connectivity index (χ3v) is 3.55. The quantitative estimate of drug-likeness (QED) is 0.888. The van der Waals surface area contributed by atoms with Crippen LogP contribution in [-0.4, -0.2) is 12.5 Å². The first-order valence-corrected chi connectivity index (χ1v) is 7.35. The number of rotatable bonds is 5. The summed E-state index contributed by atoms with van der Waals surface area (Å²) in [5.41, 5.74) is 2.87. The van der Waals surface area contributed by atoms with Gasteiger partial charge in [-0.05, 0) is 42.7 Å². The molecule has 22 heavy (non-hydrogen) atoms. The Bertz CT molecular complexity index is 688. The Hall–Kier alpha value is -2.07. The second-order valence-corrected chi connectivity index (χ2v) is 5.28. The average molecular weight is 322 g/mol. The molecule has 0 heterocycles. The Morgan fingerprint density at radius 3 is 2.77 bits per heavy atom. The van der Waals surface area contributed by atoms with Crippen molar-refractivity contribution in [3.05, 3.63) is 58.4 Å². The van der Waals surface area contributed by atoms with Crippen LogP contribution in [0.4, 0.5) is 10.1 Å². The van der Waals surface area contributed by atoms with Gasteiger partial charge in [0.05, 0.1) is 5.02 Å². The molecule has 0 aliphatic heterocycles. The largest absolute Gasteiger partial charge is 0.482 e. The first kappa shape index (κ1) is 16.3. The number of amides is 1. The van der Waals surface area contributed by atoms with E-state index >= 15 is 0 Å². The molecule has 0 aliphatic carbocycles. The van der Waals surface area contributed by atoms with Gasteiger partial charge in [-0.1, -0.05) is 36.7 Å². The highest BCUT2D eigenvalue weighted by Crippen LogP contribution is 2.25. The van der Waals surface area contributed by atoms with E-state index in [4.69, 9.17) is 16.3 Å². The fourth-order valence-electron chi connectivity index (χ4n) is 2.11. The lowest BCUT2D eigenvalue weighted by molar-refractivity contribution is -0.118. The van der Waals surface area contributed by atoms with E-state index in [9.17, 15) is 9.18 Å². The summed E-state index contributed by atoms with van der Waals surface area (Å²) in [6.45, 7) is 3.77. The minimum absolute atomic E-state index is 0.137. The van der Waals surface area contributed by atoms with Crippen LogP contribution in [0.2, 0.25) is 5.02 Å². The molecule has 0 atom stereocenters. The third-order valence-electron chi connectivity index (χ3n) is 3.26. The predicted molar refractivity (Wildman–Crippen MR) is 86.1 cm³/mol. The molecule has 5 heteroatoms. The van der Waals surface area contributed by atoms with E-state index < -0.39 is 5.82 Å². The smallest absolute Gasteiger partial charge is 0.262 e. The van der Waals surface area contributed by atoms with Gasteiger partial charge in [0.2, 0.25) is 0 Å². The lowest BCUT2D eigenvalue weighted by atomic mass is 10.1. The summed E-state index contributed by atoms with van der Waals surface area (Å²) >= 11 is 5.85. The van der Waals surface area contributed by atoms with Gasteiger partial charge in [-0.15, -0.1) is 0 Å². The van der Waals surface area contributed by atoms with Crippen LogP contribution in [0.15, 0.2) is 36.4 Å². The normalized spacial score (nSPS) is 10.4. The van der Waals surface area contributed by atoms with Crippen LogP contribution >= 0.6 is 11.6 Å². The molecule has 0 fully saturated rings. The molecule has 2 rings (SSSR count). The summed E-state index contributed by atoms with van der Waals surface area (Å²) in [4.78, 5) is 12.0. The van der Waals surface area contributed by atoms with E-state index in [-0.39, 0.29) is 23.3 Å². The maximum Gasteiger partial charge on any atom is 0.262 e. The number of carbonyl (C=O) groups is 1. The summed E-state index contributed by atoms with van der Waals surface area (Å²) in [5, 5.41) is 2.99. The summed E-state index contributed by atoms with van der Waals surface area (Å²) in [7, 11) is 0. The predicted octanol–water partition coefficient (Wildman–Crippen LogP) is 4.37. The van der Waals surface area contributed by atoms with Crippen LogP contribution in [0.5, 0.6) is 5.75 Å². The Morgan fingerprint density at radius 2 is 2.09 bits per heavy atom. The maximum absolute atomic E-state index is 12.9. The number of aryl methyl sites for hydroxylation is 2. The maximum atomic E-state index is 12.9. The standard InChI is InChI=1S/C17H17ClFNO2/c1-3-12-6-4-5-11(2)17(12)20-16(21)10-22-15-8-7-13(19)9-14(15)18/h4-9H,3,10H2,1-2H3,(H,20,21). The fourth-order valence-corrected chi connectivity index (χ4v) is 2.33. The lowest BCUT2D eigenvalue weighted by Crippen LogP contribution is -2.21. The highest BCUT2D eigenvalue weighted by molar-refractivity contribution is 6.32. The van der Waals surface area contributed by atoms with Crippen molar-refractivity contribution in [2.45, 2.75) is 20.3 Å². The van der Waals surface area contributed by atoms with Crippen LogP contribution in [0, 0.1) is 12.7 Å². The Balaban J connectivity index is 2.02. The van der Waals surface area contributed by atoms with Crippen molar-refractivity contribution in [1.29, 1.82) is 0 Å². The van der Waals surface area contributed by atoms with Gasteiger partial charge >= 0.3 is 0 Å². The molecule has 3 nitrogen and oxygen atoms in total. The molecule has 2 aromatic carbocycles. The van der Waals surface area contributed by atoms with Gasteiger partial charge in [0, 0.05) is 5.69 Å². The number of nitrogens with one attached hydrogen (secondary N) is 1. The van der Waals surface area contributed by atoms with Crippen molar-refractivity contribution < 1.29 is 13.9 Å². The van der Waals surface area contributed by atoms with E-state index in [2.05, 4.69) is 5.32 Å². The highest BCUT2D eigenvalue weighted by Gasteiger charge is 2.10. The van der Waals surface area contributed by atoms with E-state index in [1.165, 1.54) is 12.1 Å². The first-order valence-electron chi connectivity index (χ1n) is 6.97. The molecule has 0 saturated heterocycles. The SMILES string of the molecule is CCc1cccc(C)c1NC(=O)COc1ccc(F)cc1Cl. The van der Waals surface area contributed by atoms with Gasteiger partial charge in [-0.2, -0.15) is 0 Å². The zero-order valence-electron chi connectivity index (χ0n) is 12.5. The molecule has 0 spiro atoms.